The van der Waals surface area contributed by atoms with Crippen molar-refractivity contribution in [3.8, 4) is 0 Å². The average molecular weight is 404 g/mol. The van der Waals surface area contributed by atoms with E-state index in [2.05, 4.69) is 19.2 Å². The van der Waals surface area contributed by atoms with Crippen molar-refractivity contribution in [2.24, 2.45) is 5.92 Å². The third-order valence-corrected chi connectivity index (χ3v) is 5.68. The molecule has 7 heteroatoms. The van der Waals surface area contributed by atoms with Gasteiger partial charge in [-0.05, 0) is 37.0 Å². The summed E-state index contributed by atoms with van der Waals surface area (Å²) in [5, 5.41) is 2.91. The van der Waals surface area contributed by atoms with Gasteiger partial charge in [0.2, 0.25) is 0 Å². The van der Waals surface area contributed by atoms with Crippen molar-refractivity contribution < 1.29 is 17.9 Å². The van der Waals surface area contributed by atoms with Crippen LogP contribution in [0, 0.1) is 5.92 Å². The van der Waals surface area contributed by atoms with Crippen molar-refractivity contribution in [3.05, 3.63) is 28.8 Å². The van der Waals surface area contributed by atoms with Crippen LogP contribution in [0.3, 0.4) is 0 Å². The molecule has 5 nitrogen and oxygen atoms in total. The van der Waals surface area contributed by atoms with Crippen LogP contribution in [0.5, 0.6) is 0 Å². The summed E-state index contributed by atoms with van der Waals surface area (Å²) >= 11 is 6.04. The molecule has 1 rings (SSSR count). The number of sulfone groups is 1. The molecule has 1 N–H and O–H groups in total. The fourth-order valence-corrected chi connectivity index (χ4v) is 3.51. The van der Waals surface area contributed by atoms with E-state index >= 15 is 0 Å². The van der Waals surface area contributed by atoms with E-state index in [1.165, 1.54) is 37.5 Å². The van der Waals surface area contributed by atoms with Crippen molar-refractivity contribution in [3.63, 3.8) is 0 Å². The van der Waals surface area contributed by atoms with Crippen molar-refractivity contribution in [1.82, 2.24) is 5.32 Å². The maximum Gasteiger partial charge on any atom is 0.252 e. The molecule has 1 aromatic carbocycles. The van der Waals surface area contributed by atoms with E-state index in [0.717, 1.165) is 25.7 Å². The summed E-state index contributed by atoms with van der Waals surface area (Å²) < 4.78 is 28.7. The Bertz CT molecular complexity index is 676. The summed E-state index contributed by atoms with van der Waals surface area (Å²) in [6.07, 6.45) is 6.58. The molecule has 0 aliphatic carbocycles. The first-order valence-electron chi connectivity index (χ1n) is 9.15. The fourth-order valence-electron chi connectivity index (χ4n) is 2.53. The molecule has 0 radical (unpaired) electrons. The number of hydrogen-bond donors (Lipinski definition) is 1. The van der Waals surface area contributed by atoms with E-state index in [4.69, 9.17) is 16.3 Å². The van der Waals surface area contributed by atoms with Crippen molar-refractivity contribution in [2.75, 3.05) is 26.0 Å². The number of carbonyl (C=O) groups excluding carboxylic acids is 1. The van der Waals surface area contributed by atoms with Gasteiger partial charge in [0, 0.05) is 26.0 Å². The number of nitrogens with one attached hydrogen (secondary N) is 1. The van der Waals surface area contributed by atoms with Crippen LogP contribution in [0.2, 0.25) is 5.02 Å². The van der Waals surface area contributed by atoms with E-state index in [1.54, 1.807) is 0 Å². The van der Waals surface area contributed by atoms with Gasteiger partial charge in [0.05, 0.1) is 15.5 Å². The second-order valence-electron chi connectivity index (χ2n) is 6.51. The predicted octanol–water partition coefficient (Wildman–Crippen LogP) is 4.10. The number of hydrogen-bond acceptors (Lipinski definition) is 4. The SMILES string of the molecule is CCCCC(CC)COCCCNC(=O)c1ccc(S(C)(=O)=O)cc1Cl. The fraction of sp³-hybridized carbons (Fsp3) is 0.632. The Hall–Kier alpha value is -1.11. The van der Waals surface area contributed by atoms with Gasteiger partial charge < -0.3 is 10.1 Å². The number of carbonyl (C=O) groups is 1. The highest BCUT2D eigenvalue weighted by Gasteiger charge is 2.14. The van der Waals surface area contributed by atoms with Crippen LogP contribution in [0.15, 0.2) is 23.1 Å². The van der Waals surface area contributed by atoms with Crippen molar-refractivity contribution in [1.29, 1.82) is 0 Å². The molecule has 26 heavy (non-hydrogen) atoms. The first-order chi connectivity index (χ1) is 12.3. The maximum atomic E-state index is 12.1. The molecule has 0 saturated carbocycles. The van der Waals surface area contributed by atoms with Crippen LogP contribution in [-0.2, 0) is 14.6 Å². The zero-order valence-corrected chi connectivity index (χ0v) is 17.5. The molecule has 1 aromatic rings. The Morgan fingerprint density at radius 3 is 2.58 bits per heavy atom. The minimum Gasteiger partial charge on any atom is -0.381 e. The van der Waals surface area contributed by atoms with Gasteiger partial charge in [-0.15, -0.1) is 0 Å². The van der Waals surface area contributed by atoms with E-state index in [9.17, 15) is 13.2 Å². The highest BCUT2D eigenvalue weighted by molar-refractivity contribution is 7.90. The Labute approximate surface area is 162 Å². The topological polar surface area (TPSA) is 72.5 Å². The van der Waals surface area contributed by atoms with Gasteiger partial charge in [-0.3, -0.25) is 4.79 Å². The lowest BCUT2D eigenvalue weighted by molar-refractivity contribution is 0.0875. The number of amides is 1. The van der Waals surface area contributed by atoms with Crippen LogP contribution in [0.4, 0.5) is 0 Å². The van der Waals surface area contributed by atoms with E-state index in [1.807, 2.05) is 0 Å². The maximum absolute atomic E-state index is 12.1. The normalized spacial score (nSPS) is 12.8. The monoisotopic (exact) mass is 403 g/mol. The quantitative estimate of drug-likeness (QED) is 0.533. The minimum atomic E-state index is -3.34. The molecule has 148 valence electrons. The highest BCUT2D eigenvalue weighted by atomic mass is 35.5. The number of unbranched alkanes of at least 4 members (excludes halogenated alkanes) is 1. The van der Waals surface area contributed by atoms with Crippen LogP contribution < -0.4 is 5.32 Å². The smallest absolute Gasteiger partial charge is 0.252 e. The van der Waals surface area contributed by atoms with Gasteiger partial charge in [0.15, 0.2) is 9.84 Å². The van der Waals surface area contributed by atoms with E-state index in [-0.39, 0.29) is 21.4 Å². The van der Waals surface area contributed by atoms with Crippen LogP contribution in [0.1, 0.15) is 56.3 Å². The molecule has 0 aromatic heterocycles. The summed E-state index contributed by atoms with van der Waals surface area (Å²) in [6.45, 7) is 6.22. The third kappa shape index (κ3) is 8.06. The van der Waals surface area contributed by atoms with Gasteiger partial charge in [-0.2, -0.15) is 0 Å². The largest absolute Gasteiger partial charge is 0.381 e. The number of ether oxygens (including phenoxy) is 1. The van der Waals surface area contributed by atoms with E-state index in [0.29, 0.717) is 19.1 Å². The van der Waals surface area contributed by atoms with Crippen LogP contribution >= 0.6 is 11.6 Å². The summed E-state index contributed by atoms with van der Waals surface area (Å²) in [7, 11) is -3.34. The van der Waals surface area contributed by atoms with Crippen molar-refractivity contribution in [2.45, 2.75) is 50.8 Å². The molecular formula is C19H30ClNO4S. The second kappa shape index (κ2) is 11.6. The van der Waals surface area contributed by atoms with Crippen LogP contribution in [0.25, 0.3) is 0 Å². The molecular weight excluding hydrogens is 374 g/mol. The lowest BCUT2D eigenvalue weighted by Gasteiger charge is -2.14. The molecule has 1 atom stereocenters. The van der Waals surface area contributed by atoms with Gasteiger partial charge in [-0.25, -0.2) is 8.42 Å². The Morgan fingerprint density at radius 1 is 1.27 bits per heavy atom. The molecule has 0 heterocycles. The average Bonchev–Trinajstić information content (AvgIpc) is 2.59. The van der Waals surface area contributed by atoms with Crippen molar-refractivity contribution >= 4 is 27.3 Å². The van der Waals surface area contributed by atoms with E-state index < -0.39 is 9.84 Å². The first-order valence-corrected chi connectivity index (χ1v) is 11.4. The Kier molecular flexibility index (Phi) is 10.2. The number of rotatable bonds is 12. The Balaban J connectivity index is 2.35. The lowest BCUT2D eigenvalue weighted by atomic mass is 10.0. The van der Waals surface area contributed by atoms with Gasteiger partial charge >= 0.3 is 0 Å². The number of halogens is 1. The molecule has 0 saturated heterocycles. The second-order valence-corrected chi connectivity index (χ2v) is 8.94. The van der Waals surface area contributed by atoms with Crippen LogP contribution in [-0.4, -0.2) is 40.3 Å². The molecule has 1 unspecified atom stereocenters. The molecule has 0 bridgehead atoms. The summed E-state index contributed by atoms with van der Waals surface area (Å²) in [6, 6.07) is 4.13. The zero-order valence-electron chi connectivity index (χ0n) is 15.9. The molecule has 0 fully saturated rings. The van der Waals surface area contributed by atoms with Gasteiger partial charge in [-0.1, -0.05) is 44.7 Å². The summed E-state index contributed by atoms with van der Waals surface area (Å²) in [5.74, 6) is 0.293. The molecule has 0 spiro atoms. The lowest BCUT2D eigenvalue weighted by Crippen LogP contribution is -2.26. The summed E-state index contributed by atoms with van der Waals surface area (Å²) in [5.41, 5.74) is 0.269. The third-order valence-electron chi connectivity index (χ3n) is 4.26. The molecule has 0 aliphatic heterocycles. The Morgan fingerprint density at radius 2 is 2.00 bits per heavy atom. The molecule has 0 aliphatic rings. The number of benzene rings is 1. The molecule has 1 amide bonds. The first kappa shape index (κ1) is 22.9. The highest BCUT2D eigenvalue weighted by Crippen LogP contribution is 2.20. The van der Waals surface area contributed by atoms with Gasteiger partial charge in [0.1, 0.15) is 0 Å². The standard InChI is InChI=1S/C19H30ClNO4S/c1-4-6-8-15(5-2)14-25-12-7-11-21-19(22)17-10-9-16(13-18(17)20)26(3,23)24/h9-10,13,15H,4-8,11-12,14H2,1-3H3,(H,21,22). The zero-order chi connectivity index (χ0) is 19.6. The minimum absolute atomic E-state index is 0.0981. The predicted molar refractivity (Wildman–Crippen MR) is 106 cm³/mol. The van der Waals surface area contributed by atoms with Gasteiger partial charge in [0.25, 0.3) is 5.91 Å². The summed E-state index contributed by atoms with van der Waals surface area (Å²) in [4.78, 5) is 12.2.